The molecular formula is C14H14BrN3O. The van der Waals surface area contributed by atoms with E-state index in [0.29, 0.717) is 0 Å². The van der Waals surface area contributed by atoms with E-state index in [0.717, 1.165) is 15.7 Å². The highest BCUT2D eigenvalue weighted by atomic mass is 79.9. The average molecular weight is 320 g/mol. The zero-order valence-corrected chi connectivity index (χ0v) is 12.0. The van der Waals surface area contributed by atoms with Crippen LogP contribution >= 0.6 is 15.9 Å². The fourth-order valence-electron chi connectivity index (χ4n) is 1.61. The van der Waals surface area contributed by atoms with Crippen molar-refractivity contribution in [2.45, 2.75) is 13.0 Å². The van der Waals surface area contributed by atoms with E-state index in [4.69, 9.17) is 0 Å². The summed E-state index contributed by atoms with van der Waals surface area (Å²) in [6.07, 6.45) is 3.45. The number of carbonyl (C=O) groups is 1. The van der Waals surface area contributed by atoms with Crippen molar-refractivity contribution < 1.29 is 4.79 Å². The number of rotatable bonds is 3. The number of hydrogen-bond acceptors (Lipinski definition) is 2. The van der Waals surface area contributed by atoms with Gasteiger partial charge in [-0.3, -0.25) is 4.98 Å². The van der Waals surface area contributed by atoms with Crippen LogP contribution in [0.1, 0.15) is 18.5 Å². The molecule has 1 aromatic carbocycles. The summed E-state index contributed by atoms with van der Waals surface area (Å²) in [7, 11) is 0. The number of hydrogen-bond donors (Lipinski definition) is 2. The van der Waals surface area contributed by atoms with Gasteiger partial charge in [0.25, 0.3) is 0 Å². The molecule has 2 N–H and O–H groups in total. The van der Waals surface area contributed by atoms with Gasteiger partial charge in [-0.15, -0.1) is 0 Å². The number of urea groups is 1. The quantitative estimate of drug-likeness (QED) is 0.905. The lowest BCUT2D eigenvalue weighted by molar-refractivity contribution is 0.249. The molecule has 2 aromatic rings. The largest absolute Gasteiger partial charge is 0.331 e. The Labute approximate surface area is 120 Å². The van der Waals surface area contributed by atoms with Crippen LogP contribution in [0.3, 0.4) is 0 Å². The van der Waals surface area contributed by atoms with Crippen LogP contribution in [-0.2, 0) is 0 Å². The molecule has 5 heteroatoms. The van der Waals surface area contributed by atoms with Gasteiger partial charge >= 0.3 is 6.03 Å². The molecule has 1 atom stereocenters. The molecule has 1 aromatic heterocycles. The number of nitrogens with one attached hydrogen (secondary N) is 2. The molecule has 0 aliphatic carbocycles. The summed E-state index contributed by atoms with van der Waals surface area (Å²) in [4.78, 5) is 15.9. The van der Waals surface area contributed by atoms with Crippen LogP contribution in [0, 0.1) is 0 Å². The Morgan fingerprint density at radius 1 is 1.26 bits per heavy atom. The van der Waals surface area contributed by atoms with Crippen LogP contribution in [0.4, 0.5) is 10.5 Å². The highest BCUT2D eigenvalue weighted by molar-refractivity contribution is 9.10. The standard InChI is InChI=1S/C14H14BrN3O/c1-10(11-3-2-8-16-9-11)17-14(19)18-13-6-4-12(15)5-7-13/h2-10H,1H3,(H2,17,18,19)/t10-/m1/s1. The van der Waals surface area contributed by atoms with E-state index in [1.54, 1.807) is 12.4 Å². The molecular weight excluding hydrogens is 306 g/mol. The van der Waals surface area contributed by atoms with Crippen molar-refractivity contribution in [1.29, 1.82) is 0 Å². The lowest BCUT2D eigenvalue weighted by atomic mass is 10.1. The summed E-state index contributed by atoms with van der Waals surface area (Å²) in [5, 5.41) is 5.64. The van der Waals surface area contributed by atoms with Gasteiger partial charge in [0, 0.05) is 22.6 Å². The molecule has 1 heterocycles. The molecule has 2 rings (SSSR count). The Balaban J connectivity index is 1.93. The van der Waals surface area contributed by atoms with Crippen molar-refractivity contribution in [3.05, 3.63) is 58.8 Å². The zero-order valence-electron chi connectivity index (χ0n) is 10.4. The summed E-state index contributed by atoms with van der Waals surface area (Å²) in [6.45, 7) is 1.91. The minimum absolute atomic E-state index is 0.0934. The first-order valence-corrected chi connectivity index (χ1v) is 6.67. The predicted molar refractivity (Wildman–Crippen MR) is 78.9 cm³/mol. The summed E-state index contributed by atoms with van der Waals surface area (Å²) in [5.41, 5.74) is 1.72. The zero-order chi connectivity index (χ0) is 13.7. The monoisotopic (exact) mass is 319 g/mol. The molecule has 0 aliphatic heterocycles. The highest BCUT2D eigenvalue weighted by Gasteiger charge is 2.09. The minimum Gasteiger partial charge on any atom is -0.331 e. The van der Waals surface area contributed by atoms with Gasteiger partial charge in [-0.05, 0) is 42.8 Å². The maximum absolute atomic E-state index is 11.8. The Hall–Kier alpha value is -1.88. The Morgan fingerprint density at radius 2 is 2.00 bits per heavy atom. The fourth-order valence-corrected chi connectivity index (χ4v) is 1.88. The van der Waals surface area contributed by atoms with E-state index in [-0.39, 0.29) is 12.1 Å². The number of pyridine rings is 1. The Kier molecular flexibility index (Phi) is 4.52. The number of carbonyl (C=O) groups excluding carboxylic acids is 1. The molecule has 98 valence electrons. The van der Waals surface area contributed by atoms with Gasteiger partial charge in [0.1, 0.15) is 0 Å². The van der Waals surface area contributed by atoms with Gasteiger partial charge in [0.05, 0.1) is 6.04 Å². The number of benzene rings is 1. The number of halogens is 1. The van der Waals surface area contributed by atoms with Crippen LogP contribution < -0.4 is 10.6 Å². The van der Waals surface area contributed by atoms with E-state index >= 15 is 0 Å². The topological polar surface area (TPSA) is 54.0 Å². The summed E-state index contributed by atoms with van der Waals surface area (Å²) in [6, 6.07) is 10.9. The van der Waals surface area contributed by atoms with Crippen LogP contribution in [0.25, 0.3) is 0 Å². The van der Waals surface area contributed by atoms with E-state index in [2.05, 4.69) is 31.5 Å². The minimum atomic E-state index is -0.237. The third kappa shape index (κ3) is 4.06. The molecule has 4 nitrogen and oxygen atoms in total. The van der Waals surface area contributed by atoms with E-state index in [1.165, 1.54) is 0 Å². The first-order chi connectivity index (χ1) is 9.15. The fraction of sp³-hybridized carbons (Fsp3) is 0.143. The normalized spacial score (nSPS) is 11.7. The third-order valence-corrected chi connectivity index (χ3v) is 3.16. The second kappa shape index (κ2) is 6.33. The van der Waals surface area contributed by atoms with Gasteiger partial charge in [-0.1, -0.05) is 22.0 Å². The number of aromatic nitrogens is 1. The molecule has 0 saturated carbocycles. The van der Waals surface area contributed by atoms with Gasteiger partial charge < -0.3 is 10.6 Å². The van der Waals surface area contributed by atoms with Gasteiger partial charge in [0.2, 0.25) is 0 Å². The summed E-state index contributed by atoms with van der Waals surface area (Å²) in [5.74, 6) is 0. The second-order valence-corrected chi connectivity index (χ2v) is 5.03. The molecule has 19 heavy (non-hydrogen) atoms. The van der Waals surface area contributed by atoms with Crippen LogP contribution in [0.15, 0.2) is 53.3 Å². The maximum atomic E-state index is 11.8. The third-order valence-electron chi connectivity index (χ3n) is 2.63. The first kappa shape index (κ1) is 13.5. The first-order valence-electron chi connectivity index (χ1n) is 5.88. The van der Waals surface area contributed by atoms with Crippen LogP contribution in [0.2, 0.25) is 0 Å². The molecule has 0 aliphatic rings. The molecule has 0 unspecified atom stereocenters. The van der Waals surface area contributed by atoms with E-state index in [1.807, 2.05) is 43.3 Å². The lowest BCUT2D eigenvalue weighted by Crippen LogP contribution is -2.31. The van der Waals surface area contributed by atoms with Crippen molar-refractivity contribution in [2.75, 3.05) is 5.32 Å². The average Bonchev–Trinajstić information content (AvgIpc) is 2.42. The number of nitrogens with zero attached hydrogens (tertiary/aromatic N) is 1. The van der Waals surface area contributed by atoms with Crippen molar-refractivity contribution >= 4 is 27.6 Å². The van der Waals surface area contributed by atoms with Crippen molar-refractivity contribution in [3.63, 3.8) is 0 Å². The van der Waals surface area contributed by atoms with Crippen molar-refractivity contribution in [3.8, 4) is 0 Å². The molecule has 0 radical (unpaired) electrons. The highest BCUT2D eigenvalue weighted by Crippen LogP contribution is 2.15. The van der Waals surface area contributed by atoms with Gasteiger partial charge in [-0.2, -0.15) is 0 Å². The predicted octanol–water partition coefficient (Wildman–Crippen LogP) is 3.73. The van der Waals surface area contributed by atoms with Crippen LogP contribution in [0.5, 0.6) is 0 Å². The van der Waals surface area contributed by atoms with Crippen molar-refractivity contribution in [2.24, 2.45) is 0 Å². The lowest BCUT2D eigenvalue weighted by Gasteiger charge is -2.14. The smallest absolute Gasteiger partial charge is 0.319 e. The van der Waals surface area contributed by atoms with Gasteiger partial charge in [0.15, 0.2) is 0 Å². The second-order valence-electron chi connectivity index (χ2n) is 4.11. The molecule has 0 fully saturated rings. The van der Waals surface area contributed by atoms with E-state index < -0.39 is 0 Å². The number of anilines is 1. The Morgan fingerprint density at radius 3 is 2.63 bits per heavy atom. The number of amides is 2. The Bertz CT molecular complexity index is 542. The van der Waals surface area contributed by atoms with Crippen LogP contribution in [-0.4, -0.2) is 11.0 Å². The van der Waals surface area contributed by atoms with E-state index in [9.17, 15) is 4.79 Å². The summed E-state index contributed by atoms with van der Waals surface area (Å²) >= 11 is 3.35. The molecule has 0 spiro atoms. The maximum Gasteiger partial charge on any atom is 0.319 e. The molecule has 0 saturated heterocycles. The van der Waals surface area contributed by atoms with Crippen molar-refractivity contribution in [1.82, 2.24) is 10.3 Å². The molecule has 2 amide bonds. The SMILES string of the molecule is C[C@@H](NC(=O)Nc1ccc(Br)cc1)c1cccnc1. The molecule has 0 bridgehead atoms. The summed E-state index contributed by atoms with van der Waals surface area (Å²) < 4.78 is 0.974. The van der Waals surface area contributed by atoms with Gasteiger partial charge in [-0.25, -0.2) is 4.79 Å².